The second kappa shape index (κ2) is 18.5. The molecule has 0 spiro atoms. The standard InChI is InChI=1S/C41H43F4N3O5/c1-46(20-23-53-29-33-12-18-38(51-2)36(42)26-33)40(50)37(27-31-6-4-3-5-7-31)48(28-32-10-16-35(17-11-32)47-21-24-52-25-22-47)39(49)19-13-30-8-14-34(15-9-30)41(43,44)45/h3-19,26,37H,20-25,27-29H2,1-2H3/t37-/m0/s1. The van der Waals surface area contributed by atoms with E-state index < -0.39 is 29.5 Å². The van der Waals surface area contributed by atoms with Crippen molar-refractivity contribution in [3.63, 3.8) is 0 Å². The summed E-state index contributed by atoms with van der Waals surface area (Å²) in [6, 6.07) is 25.3. The fourth-order valence-electron chi connectivity index (χ4n) is 5.94. The fourth-order valence-corrected chi connectivity index (χ4v) is 5.94. The molecule has 8 nitrogen and oxygen atoms in total. The molecule has 1 heterocycles. The maximum atomic E-state index is 14.3. The Morgan fingerprint density at radius 1 is 0.906 bits per heavy atom. The van der Waals surface area contributed by atoms with E-state index in [2.05, 4.69) is 4.90 Å². The van der Waals surface area contributed by atoms with Gasteiger partial charge in [-0.3, -0.25) is 9.59 Å². The van der Waals surface area contributed by atoms with E-state index in [4.69, 9.17) is 14.2 Å². The SMILES string of the molecule is COc1ccc(COCCN(C)C(=O)[C@H](Cc2ccccc2)N(Cc2ccc(N3CCOCC3)cc2)C(=O)C=Cc2ccc(C(F)(F)F)cc2)cc1F. The Balaban J connectivity index is 1.38. The highest BCUT2D eigenvalue weighted by atomic mass is 19.4. The summed E-state index contributed by atoms with van der Waals surface area (Å²) in [4.78, 5) is 33.6. The molecule has 1 aliphatic rings. The van der Waals surface area contributed by atoms with Crippen LogP contribution in [0.25, 0.3) is 6.08 Å². The number of likely N-dealkylation sites (N-methyl/N-ethyl adjacent to an activating group) is 1. The summed E-state index contributed by atoms with van der Waals surface area (Å²) in [5, 5.41) is 0. The molecule has 4 aromatic carbocycles. The van der Waals surface area contributed by atoms with Crippen molar-refractivity contribution in [1.82, 2.24) is 9.80 Å². The van der Waals surface area contributed by atoms with Gasteiger partial charge in [0.05, 0.1) is 39.1 Å². The third-order valence-corrected chi connectivity index (χ3v) is 8.97. The average Bonchev–Trinajstić information content (AvgIpc) is 3.17. The Kier molecular flexibility index (Phi) is 13.6. The van der Waals surface area contributed by atoms with Gasteiger partial charge in [0.2, 0.25) is 11.8 Å². The number of nitrogens with zero attached hydrogens (tertiary/aromatic N) is 3. The quantitative estimate of drug-likeness (QED) is 0.0744. The molecule has 0 bridgehead atoms. The van der Waals surface area contributed by atoms with Crippen molar-refractivity contribution in [2.45, 2.75) is 31.8 Å². The van der Waals surface area contributed by atoms with Crippen LogP contribution in [0.15, 0.2) is 103 Å². The van der Waals surface area contributed by atoms with Crippen LogP contribution in [-0.4, -0.2) is 81.3 Å². The normalized spacial score (nSPS) is 13.9. The highest BCUT2D eigenvalue weighted by Gasteiger charge is 2.32. The van der Waals surface area contributed by atoms with Gasteiger partial charge in [0.1, 0.15) is 6.04 Å². The van der Waals surface area contributed by atoms with Crippen LogP contribution in [0.5, 0.6) is 5.75 Å². The summed E-state index contributed by atoms with van der Waals surface area (Å²) in [5.41, 5.74) is 2.87. The molecule has 1 fully saturated rings. The van der Waals surface area contributed by atoms with Crippen molar-refractivity contribution in [3.05, 3.63) is 137 Å². The molecule has 1 atom stereocenters. The lowest BCUT2D eigenvalue weighted by molar-refractivity contribution is -0.143. The van der Waals surface area contributed by atoms with Gasteiger partial charge in [-0.15, -0.1) is 0 Å². The third-order valence-electron chi connectivity index (χ3n) is 8.97. The van der Waals surface area contributed by atoms with E-state index in [0.29, 0.717) is 24.3 Å². The number of amides is 2. The van der Waals surface area contributed by atoms with Crippen LogP contribution >= 0.6 is 0 Å². The van der Waals surface area contributed by atoms with Gasteiger partial charge in [0.25, 0.3) is 0 Å². The summed E-state index contributed by atoms with van der Waals surface area (Å²) in [7, 11) is 3.02. The molecule has 12 heteroatoms. The number of morpholine rings is 1. The Labute approximate surface area is 307 Å². The lowest BCUT2D eigenvalue weighted by atomic mass is 10.0. The van der Waals surface area contributed by atoms with Crippen LogP contribution in [0.4, 0.5) is 23.2 Å². The topological polar surface area (TPSA) is 71.6 Å². The molecule has 1 aliphatic heterocycles. The molecule has 53 heavy (non-hydrogen) atoms. The molecule has 0 aliphatic carbocycles. The summed E-state index contributed by atoms with van der Waals surface area (Å²) >= 11 is 0. The molecular weight excluding hydrogens is 690 g/mol. The minimum atomic E-state index is -4.48. The lowest BCUT2D eigenvalue weighted by Crippen LogP contribution is -2.51. The lowest BCUT2D eigenvalue weighted by Gasteiger charge is -2.33. The maximum Gasteiger partial charge on any atom is 0.416 e. The molecule has 5 rings (SSSR count). The van der Waals surface area contributed by atoms with Crippen LogP contribution in [0.2, 0.25) is 0 Å². The molecule has 0 aromatic heterocycles. The summed E-state index contributed by atoms with van der Waals surface area (Å²) in [6.45, 7) is 3.36. The van der Waals surface area contributed by atoms with Crippen molar-refractivity contribution >= 4 is 23.6 Å². The fraction of sp³-hybridized carbons (Fsp3) is 0.317. The number of hydrogen-bond donors (Lipinski definition) is 0. The van der Waals surface area contributed by atoms with E-state index >= 15 is 0 Å². The minimum absolute atomic E-state index is 0.0934. The predicted molar refractivity (Wildman–Crippen MR) is 195 cm³/mol. The van der Waals surface area contributed by atoms with E-state index in [1.165, 1.54) is 53.3 Å². The number of alkyl halides is 3. The van der Waals surface area contributed by atoms with Gasteiger partial charge in [-0.05, 0) is 64.7 Å². The average molecular weight is 734 g/mol. The number of hydrogen-bond acceptors (Lipinski definition) is 6. The first-order chi connectivity index (χ1) is 25.5. The number of methoxy groups -OCH3 is 1. The Morgan fingerprint density at radius 3 is 2.23 bits per heavy atom. The van der Waals surface area contributed by atoms with Crippen molar-refractivity contribution in [1.29, 1.82) is 0 Å². The van der Waals surface area contributed by atoms with Gasteiger partial charge in [-0.25, -0.2) is 4.39 Å². The van der Waals surface area contributed by atoms with Crippen LogP contribution in [0.1, 0.15) is 27.8 Å². The number of carbonyl (C=O) groups is 2. The number of halogens is 4. The molecule has 0 N–H and O–H groups in total. The molecule has 0 saturated carbocycles. The smallest absolute Gasteiger partial charge is 0.416 e. The minimum Gasteiger partial charge on any atom is -0.494 e. The highest BCUT2D eigenvalue weighted by molar-refractivity contribution is 5.95. The Bertz CT molecular complexity index is 1810. The maximum absolute atomic E-state index is 14.3. The number of rotatable bonds is 15. The predicted octanol–water partition coefficient (Wildman–Crippen LogP) is 7.02. The number of ether oxygens (including phenoxy) is 3. The summed E-state index contributed by atoms with van der Waals surface area (Å²) in [5.74, 6) is -1.18. The second-order valence-corrected chi connectivity index (χ2v) is 12.7. The molecule has 1 saturated heterocycles. The molecule has 4 aromatic rings. The molecule has 2 amide bonds. The van der Waals surface area contributed by atoms with E-state index in [1.54, 1.807) is 13.1 Å². The molecule has 280 valence electrons. The first kappa shape index (κ1) is 39.0. The van der Waals surface area contributed by atoms with E-state index in [9.17, 15) is 27.2 Å². The zero-order chi connectivity index (χ0) is 37.8. The number of anilines is 1. The summed E-state index contributed by atoms with van der Waals surface area (Å²) in [6.07, 6.45) is -1.54. The zero-order valence-corrected chi connectivity index (χ0v) is 29.7. The molecule has 0 unspecified atom stereocenters. The van der Waals surface area contributed by atoms with Crippen molar-refractivity contribution < 1.29 is 41.4 Å². The van der Waals surface area contributed by atoms with Gasteiger partial charge in [0, 0.05) is 51.4 Å². The van der Waals surface area contributed by atoms with Gasteiger partial charge in [-0.2, -0.15) is 13.2 Å². The van der Waals surface area contributed by atoms with E-state index in [1.807, 2.05) is 54.6 Å². The van der Waals surface area contributed by atoms with Gasteiger partial charge >= 0.3 is 6.18 Å². The monoisotopic (exact) mass is 733 g/mol. The summed E-state index contributed by atoms with van der Waals surface area (Å²) < 4.78 is 69.8. The van der Waals surface area contributed by atoms with Gasteiger partial charge in [-0.1, -0.05) is 60.7 Å². The first-order valence-corrected chi connectivity index (χ1v) is 17.3. The van der Waals surface area contributed by atoms with E-state index in [-0.39, 0.29) is 44.4 Å². The van der Waals surface area contributed by atoms with Crippen LogP contribution in [0.3, 0.4) is 0 Å². The molecule has 0 radical (unpaired) electrons. The Hall–Kier alpha value is -5.20. The first-order valence-electron chi connectivity index (χ1n) is 17.3. The Morgan fingerprint density at radius 2 is 1.58 bits per heavy atom. The van der Waals surface area contributed by atoms with Crippen LogP contribution in [-0.2, 0) is 44.8 Å². The third kappa shape index (κ3) is 11.1. The van der Waals surface area contributed by atoms with E-state index in [0.717, 1.165) is 42.0 Å². The van der Waals surface area contributed by atoms with Crippen molar-refractivity contribution in [3.8, 4) is 5.75 Å². The van der Waals surface area contributed by atoms with Gasteiger partial charge in [0.15, 0.2) is 11.6 Å². The van der Waals surface area contributed by atoms with Gasteiger partial charge < -0.3 is 28.9 Å². The molecular formula is C41H43F4N3O5. The van der Waals surface area contributed by atoms with Crippen LogP contribution in [0, 0.1) is 5.82 Å². The van der Waals surface area contributed by atoms with Crippen molar-refractivity contribution in [2.75, 3.05) is 58.5 Å². The second-order valence-electron chi connectivity index (χ2n) is 12.7. The number of benzene rings is 4. The zero-order valence-electron chi connectivity index (χ0n) is 29.7. The highest BCUT2D eigenvalue weighted by Crippen LogP contribution is 2.29. The van der Waals surface area contributed by atoms with Crippen molar-refractivity contribution in [2.24, 2.45) is 0 Å². The van der Waals surface area contributed by atoms with Crippen LogP contribution < -0.4 is 9.64 Å². The largest absolute Gasteiger partial charge is 0.494 e. The number of carbonyl (C=O) groups excluding carboxylic acids is 2.